The van der Waals surface area contributed by atoms with Crippen molar-refractivity contribution in [1.29, 1.82) is 0 Å². The Hall–Kier alpha value is -0.830. The van der Waals surface area contributed by atoms with Crippen molar-refractivity contribution in [1.82, 2.24) is 0 Å². The Bertz CT molecular complexity index is 519. The van der Waals surface area contributed by atoms with Crippen molar-refractivity contribution in [3.8, 4) is 10.4 Å². The third kappa shape index (κ3) is 2.71. The molecule has 17 heavy (non-hydrogen) atoms. The lowest BCUT2D eigenvalue weighted by Gasteiger charge is -2.04. The molecule has 1 aromatic carbocycles. The summed E-state index contributed by atoms with van der Waals surface area (Å²) in [5.74, 6) is 0.426. The van der Waals surface area contributed by atoms with Crippen molar-refractivity contribution >= 4 is 22.9 Å². The second-order valence-electron chi connectivity index (χ2n) is 4.30. The molecule has 3 heteroatoms. The normalized spacial score (nSPS) is 12.7. The van der Waals surface area contributed by atoms with Crippen LogP contribution in [0, 0.1) is 6.92 Å². The minimum atomic E-state index is 0.426. The Labute approximate surface area is 111 Å². The molecule has 1 heterocycles. The monoisotopic (exact) mass is 265 g/mol. The van der Waals surface area contributed by atoms with Crippen LogP contribution in [0.3, 0.4) is 0 Å². The van der Waals surface area contributed by atoms with Gasteiger partial charge in [0.25, 0.3) is 0 Å². The Morgan fingerprint density at radius 3 is 2.71 bits per heavy atom. The number of rotatable bonds is 3. The van der Waals surface area contributed by atoms with E-state index in [1.165, 1.54) is 15.3 Å². The average Bonchev–Trinajstić information content (AvgIpc) is 2.81. The summed E-state index contributed by atoms with van der Waals surface area (Å²) in [5, 5.41) is 0.823. The number of benzene rings is 1. The first kappa shape index (κ1) is 12.6. The lowest BCUT2D eigenvalue weighted by molar-refractivity contribution is 0.790. The van der Waals surface area contributed by atoms with Crippen molar-refractivity contribution in [2.45, 2.75) is 19.8 Å². The molecule has 0 aliphatic carbocycles. The molecule has 0 radical (unpaired) electrons. The predicted molar refractivity (Wildman–Crippen MR) is 77.0 cm³/mol. The highest BCUT2D eigenvalue weighted by Gasteiger charge is 2.08. The Kier molecular flexibility index (Phi) is 3.87. The maximum absolute atomic E-state index is 6.14. The maximum Gasteiger partial charge on any atom is 0.0441 e. The number of hydrogen-bond donors (Lipinski definition) is 1. The predicted octanol–water partition coefficient (Wildman–Crippen LogP) is 4.44. The SMILES string of the molecule is Cc1ccc(-c2ccc(C(C)CN)s2)cc1Cl. The van der Waals surface area contributed by atoms with Gasteiger partial charge in [-0.3, -0.25) is 0 Å². The van der Waals surface area contributed by atoms with Gasteiger partial charge in [0, 0.05) is 20.7 Å². The van der Waals surface area contributed by atoms with Crippen molar-refractivity contribution in [2.24, 2.45) is 5.73 Å². The highest BCUT2D eigenvalue weighted by Crippen LogP contribution is 2.33. The molecule has 0 amide bonds. The fourth-order valence-electron chi connectivity index (χ4n) is 1.64. The van der Waals surface area contributed by atoms with Crippen LogP contribution in [0.2, 0.25) is 5.02 Å². The molecule has 0 saturated carbocycles. The van der Waals surface area contributed by atoms with Gasteiger partial charge in [-0.05, 0) is 42.8 Å². The molecule has 0 saturated heterocycles. The second kappa shape index (κ2) is 5.21. The van der Waals surface area contributed by atoms with E-state index in [1.54, 1.807) is 11.3 Å². The summed E-state index contributed by atoms with van der Waals surface area (Å²) < 4.78 is 0. The molecule has 0 bridgehead atoms. The maximum atomic E-state index is 6.14. The van der Waals surface area contributed by atoms with E-state index in [-0.39, 0.29) is 0 Å². The molecule has 90 valence electrons. The molecule has 0 spiro atoms. The summed E-state index contributed by atoms with van der Waals surface area (Å²) in [6.45, 7) is 4.86. The summed E-state index contributed by atoms with van der Waals surface area (Å²) >= 11 is 7.94. The molecule has 2 N–H and O–H groups in total. The third-order valence-corrected chi connectivity index (χ3v) is 4.70. The van der Waals surface area contributed by atoms with E-state index in [4.69, 9.17) is 17.3 Å². The van der Waals surface area contributed by atoms with E-state index in [1.807, 2.05) is 13.0 Å². The lowest BCUT2D eigenvalue weighted by Crippen LogP contribution is -2.06. The molecule has 0 fully saturated rings. The third-order valence-electron chi connectivity index (χ3n) is 2.92. The standard InChI is InChI=1S/C14H16ClNS/c1-9-3-4-11(7-12(9)15)14-6-5-13(17-14)10(2)8-16/h3-7,10H,8,16H2,1-2H3. The first-order valence-corrected chi connectivity index (χ1v) is 6.87. The highest BCUT2D eigenvalue weighted by molar-refractivity contribution is 7.15. The van der Waals surface area contributed by atoms with Gasteiger partial charge in [0.05, 0.1) is 0 Å². The minimum Gasteiger partial charge on any atom is -0.330 e. The van der Waals surface area contributed by atoms with E-state index >= 15 is 0 Å². The summed E-state index contributed by atoms with van der Waals surface area (Å²) in [5.41, 5.74) is 7.98. The van der Waals surface area contributed by atoms with Gasteiger partial charge in [0.1, 0.15) is 0 Å². The number of hydrogen-bond acceptors (Lipinski definition) is 2. The lowest BCUT2D eigenvalue weighted by atomic mass is 10.1. The Morgan fingerprint density at radius 1 is 1.29 bits per heavy atom. The molecule has 0 aliphatic heterocycles. The van der Waals surface area contributed by atoms with Crippen LogP contribution in [-0.2, 0) is 0 Å². The van der Waals surface area contributed by atoms with E-state index in [2.05, 4.69) is 31.2 Å². The Morgan fingerprint density at radius 2 is 2.06 bits per heavy atom. The number of aryl methyl sites for hydroxylation is 1. The zero-order valence-corrected chi connectivity index (χ0v) is 11.6. The van der Waals surface area contributed by atoms with E-state index in [0.29, 0.717) is 12.5 Å². The van der Waals surface area contributed by atoms with Gasteiger partial charge < -0.3 is 5.73 Å². The molecular weight excluding hydrogens is 250 g/mol. The van der Waals surface area contributed by atoms with Gasteiger partial charge in [0.15, 0.2) is 0 Å². The highest BCUT2D eigenvalue weighted by atomic mass is 35.5. The van der Waals surface area contributed by atoms with E-state index < -0.39 is 0 Å². The van der Waals surface area contributed by atoms with Crippen LogP contribution in [0.1, 0.15) is 23.3 Å². The van der Waals surface area contributed by atoms with Gasteiger partial charge >= 0.3 is 0 Å². The smallest absolute Gasteiger partial charge is 0.0441 e. The summed E-state index contributed by atoms with van der Waals surface area (Å²) in [6, 6.07) is 10.5. The second-order valence-corrected chi connectivity index (χ2v) is 5.83. The first-order valence-electron chi connectivity index (χ1n) is 5.68. The molecule has 0 aliphatic rings. The zero-order chi connectivity index (χ0) is 12.4. The Balaban J connectivity index is 2.33. The fraction of sp³-hybridized carbons (Fsp3) is 0.286. The summed E-state index contributed by atoms with van der Waals surface area (Å²) in [7, 11) is 0. The van der Waals surface area contributed by atoms with Gasteiger partial charge in [-0.25, -0.2) is 0 Å². The number of thiophene rings is 1. The molecule has 1 aromatic heterocycles. The van der Waals surface area contributed by atoms with Crippen molar-refractivity contribution < 1.29 is 0 Å². The largest absolute Gasteiger partial charge is 0.330 e. The molecule has 1 nitrogen and oxygen atoms in total. The van der Waals surface area contributed by atoms with Crippen molar-refractivity contribution in [3.63, 3.8) is 0 Å². The van der Waals surface area contributed by atoms with E-state index in [0.717, 1.165) is 10.6 Å². The van der Waals surface area contributed by atoms with Crippen LogP contribution in [0.5, 0.6) is 0 Å². The quantitative estimate of drug-likeness (QED) is 0.872. The van der Waals surface area contributed by atoms with Gasteiger partial charge in [0.2, 0.25) is 0 Å². The van der Waals surface area contributed by atoms with Crippen LogP contribution < -0.4 is 5.73 Å². The van der Waals surface area contributed by atoms with Crippen molar-refractivity contribution in [3.05, 3.63) is 45.8 Å². The van der Waals surface area contributed by atoms with Crippen LogP contribution in [0.25, 0.3) is 10.4 Å². The van der Waals surface area contributed by atoms with Crippen LogP contribution >= 0.6 is 22.9 Å². The molecule has 2 rings (SSSR count). The van der Waals surface area contributed by atoms with Crippen molar-refractivity contribution in [2.75, 3.05) is 6.54 Å². The topological polar surface area (TPSA) is 26.0 Å². The average molecular weight is 266 g/mol. The van der Waals surface area contributed by atoms with Crippen LogP contribution in [-0.4, -0.2) is 6.54 Å². The minimum absolute atomic E-state index is 0.426. The number of nitrogens with two attached hydrogens (primary N) is 1. The van der Waals surface area contributed by atoms with Gasteiger partial charge in [-0.1, -0.05) is 30.7 Å². The van der Waals surface area contributed by atoms with Gasteiger partial charge in [-0.15, -0.1) is 11.3 Å². The zero-order valence-electron chi connectivity index (χ0n) is 10.0. The first-order chi connectivity index (χ1) is 8.11. The molecule has 1 atom stereocenters. The fourth-order valence-corrected chi connectivity index (χ4v) is 2.88. The summed E-state index contributed by atoms with van der Waals surface area (Å²) in [6.07, 6.45) is 0. The molecule has 1 unspecified atom stereocenters. The number of halogens is 1. The van der Waals surface area contributed by atoms with Gasteiger partial charge in [-0.2, -0.15) is 0 Å². The van der Waals surface area contributed by atoms with Crippen LogP contribution in [0.4, 0.5) is 0 Å². The summed E-state index contributed by atoms with van der Waals surface area (Å²) in [4.78, 5) is 2.58. The molecule has 2 aromatic rings. The van der Waals surface area contributed by atoms with Crippen LogP contribution in [0.15, 0.2) is 30.3 Å². The molecular formula is C14H16ClNS. The van der Waals surface area contributed by atoms with E-state index in [9.17, 15) is 0 Å².